The Morgan fingerprint density at radius 3 is 3.20 bits per heavy atom. The molecule has 2 N–H and O–H groups in total. The van der Waals surface area contributed by atoms with E-state index in [1.807, 2.05) is 18.3 Å². The molecule has 78 valence electrons. The van der Waals surface area contributed by atoms with Crippen LogP contribution in [0.15, 0.2) is 36.0 Å². The number of nitrogens with one attached hydrogen (secondary N) is 2. The van der Waals surface area contributed by atoms with E-state index in [2.05, 4.69) is 28.2 Å². The minimum Gasteiger partial charge on any atom is -0.308 e. The van der Waals surface area contributed by atoms with Crippen molar-refractivity contribution >= 4 is 22.5 Å². The first-order valence-electron chi connectivity index (χ1n) is 4.72. The van der Waals surface area contributed by atoms with Crippen LogP contribution in [-0.4, -0.2) is 16.7 Å². The van der Waals surface area contributed by atoms with Crippen molar-refractivity contribution < 1.29 is 0 Å². The van der Waals surface area contributed by atoms with Crippen LogP contribution in [0.5, 0.6) is 0 Å². The van der Waals surface area contributed by atoms with Gasteiger partial charge in [0.25, 0.3) is 0 Å². The molecule has 0 aliphatic rings. The summed E-state index contributed by atoms with van der Waals surface area (Å²) in [6, 6.07) is 6.11. The summed E-state index contributed by atoms with van der Waals surface area (Å²) in [4.78, 5) is 0. The number of para-hydroxylation sites is 1. The number of H-pyrrole nitrogens is 1. The van der Waals surface area contributed by atoms with E-state index in [0.29, 0.717) is 11.6 Å². The lowest BCUT2D eigenvalue weighted by molar-refractivity contribution is 0.757. The van der Waals surface area contributed by atoms with Crippen LogP contribution in [0.25, 0.3) is 10.9 Å². The average Bonchev–Trinajstić information content (AvgIpc) is 2.65. The molecule has 2 rings (SSSR count). The quantitative estimate of drug-likeness (QED) is 0.833. The summed E-state index contributed by atoms with van der Waals surface area (Å²) < 4.78 is 0. The fourth-order valence-electron chi connectivity index (χ4n) is 1.51. The fourth-order valence-corrected chi connectivity index (χ4v) is 1.60. The number of aromatic amines is 1. The predicted molar refractivity (Wildman–Crippen MR) is 62.8 cm³/mol. The van der Waals surface area contributed by atoms with Crippen molar-refractivity contribution in [3.63, 3.8) is 0 Å². The molecule has 0 unspecified atom stereocenters. The van der Waals surface area contributed by atoms with Crippen molar-refractivity contribution in [2.75, 3.05) is 6.54 Å². The van der Waals surface area contributed by atoms with Crippen molar-refractivity contribution in [1.82, 2.24) is 15.5 Å². The van der Waals surface area contributed by atoms with Gasteiger partial charge in [-0.2, -0.15) is 5.10 Å². The zero-order valence-electron chi connectivity index (χ0n) is 8.26. The Bertz CT molecular complexity index is 475. The number of fused-ring (bicyclic) bond motifs is 1. The Balaban J connectivity index is 2.13. The summed E-state index contributed by atoms with van der Waals surface area (Å²) in [7, 11) is 0. The largest absolute Gasteiger partial charge is 0.308 e. The molecule has 0 aliphatic carbocycles. The second-order valence-electron chi connectivity index (χ2n) is 3.37. The second-order valence-corrected chi connectivity index (χ2v) is 3.91. The van der Waals surface area contributed by atoms with Crippen molar-refractivity contribution in [2.24, 2.45) is 0 Å². The van der Waals surface area contributed by atoms with Crippen molar-refractivity contribution in [1.29, 1.82) is 0 Å². The SMILES string of the molecule is C=C(Cl)CNCc1cccc2cn[nH]c12. The summed E-state index contributed by atoms with van der Waals surface area (Å²) in [5.41, 5.74) is 2.26. The van der Waals surface area contributed by atoms with E-state index in [4.69, 9.17) is 11.6 Å². The highest BCUT2D eigenvalue weighted by Crippen LogP contribution is 2.15. The molecular weight excluding hydrogens is 210 g/mol. The van der Waals surface area contributed by atoms with E-state index in [-0.39, 0.29) is 0 Å². The fraction of sp³-hybridized carbons (Fsp3) is 0.182. The van der Waals surface area contributed by atoms with Gasteiger partial charge in [-0.15, -0.1) is 0 Å². The van der Waals surface area contributed by atoms with Gasteiger partial charge in [-0.3, -0.25) is 5.10 Å². The first kappa shape index (κ1) is 10.2. The third-order valence-electron chi connectivity index (χ3n) is 2.20. The Morgan fingerprint density at radius 1 is 1.53 bits per heavy atom. The van der Waals surface area contributed by atoms with Gasteiger partial charge < -0.3 is 5.32 Å². The molecule has 0 radical (unpaired) electrons. The topological polar surface area (TPSA) is 40.7 Å². The minimum absolute atomic E-state index is 0.617. The normalized spacial score (nSPS) is 10.7. The van der Waals surface area contributed by atoms with Crippen LogP contribution >= 0.6 is 11.6 Å². The molecular formula is C11H12ClN3. The van der Waals surface area contributed by atoms with Crippen LogP contribution in [0.1, 0.15) is 5.56 Å². The average molecular weight is 222 g/mol. The standard InChI is InChI=1S/C11H12ClN3/c1-8(12)5-13-6-9-3-2-4-10-7-14-15-11(9)10/h2-4,7,13H,1,5-6H2,(H,14,15). The smallest absolute Gasteiger partial charge is 0.0695 e. The number of hydrogen-bond acceptors (Lipinski definition) is 2. The highest BCUT2D eigenvalue weighted by atomic mass is 35.5. The van der Waals surface area contributed by atoms with Gasteiger partial charge in [0.15, 0.2) is 0 Å². The number of nitrogens with zero attached hydrogens (tertiary/aromatic N) is 1. The zero-order valence-corrected chi connectivity index (χ0v) is 9.01. The maximum Gasteiger partial charge on any atom is 0.0695 e. The minimum atomic E-state index is 0.617. The van der Waals surface area contributed by atoms with E-state index >= 15 is 0 Å². The summed E-state index contributed by atoms with van der Waals surface area (Å²) in [6.45, 7) is 4.99. The number of benzene rings is 1. The second kappa shape index (κ2) is 4.47. The van der Waals surface area contributed by atoms with E-state index in [1.165, 1.54) is 5.56 Å². The number of rotatable bonds is 4. The summed E-state index contributed by atoms with van der Waals surface area (Å²) >= 11 is 5.66. The van der Waals surface area contributed by atoms with Crippen LogP contribution in [0.4, 0.5) is 0 Å². The predicted octanol–water partition coefficient (Wildman–Crippen LogP) is 2.41. The highest BCUT2D eigenvalue weighted by Gasteiger charge is 2.01. The Kier molecular flexibility index (Phi) is 3.04. The molecule has 0 saturated heterocycles. The molecule has 1 heterocycles. The van der Waals surface area contributed by atoms with Crippen molar-refractivity contribution in [3.05, 3.63) is 41.6 Å². The summed E-state index contributed by atoms with van der Waals surface area (Å²) in [6.07, 6.45) is 1.82. The van der Waals surface area contributed by atoms with Crippen LogP contribution in [0.2, 0.25) is 0 Å². The summed E-state index contributed by atoms with van der Waals surface area (Å²) in [5.74, 6) is 0. The monoisotopic (exact) mass is 221 g/mol. The number of aromatic nitrogens is 2. The van der Waals surface area contributed by atoms with Gasteiger partial charge in [0.1, 0.15) is 0 Å². The lowest BCUT2D eigenvalue weighted by atomic mass is 10.1. The Labute approximate surface area is 93.1 Å². The summed E-state index contributed by atoms with van der Waals surface area (Å²) in [5, 5.41) is 11.9. The first-order valence-corrected chi connectivity index (χ1v) is 5.10. The van der Waals surface area contributed by atoms with Gasteiger partial charge in [-0.25, -0.2) is 0 Å². The molecule has 1 aromatic carbocycles. The third kappa shape index (κ3) is 2.37. The zero-order chi connectivity index (χ0) is 10.7. The highest BCUT2D eigenvalue weighted by molar-refractivity contribution is 6.29. The van der Waals surface area contributed by atoms with Crippen molar-refractivity contribution in [2.45, 2.75) is 6.54 Å². The van der Waals surface area contributed by atoms with Crippen LogP contribution in [0.3, 0.4) is 0 Å². The third-order valence-corrected chi connectivity index (χ3v) is 2.33. The molecule has 0 atom stereocenters. The van der Waals surface area contributed by atoms with Gasteiger partial charge in [-0.1, -0.05) is 36.4 Å². The van der Waals surface area contributed by atoms with E-state index < -0.39 is 0 Å². The molecule has 3 nitrogen and oxygen atoms in total. The molecule has 4 heteroatoms. The molecule has 15 heavy (non-hydrogen) atoms. The molecule has 0 amide bonds. The van der Waals surface area contributed by atoms with Gasteiger partial charge in [-0.05, 0) is 5.56 Å². The van der Waals surface area contributed by atoms with Gasteiger partial charge in [0, 0.05) is 23.5 Å². The molecule has 2 aromatic rings. The maximum atomic E-state index is 5.66. The molecule has 0 spiro atoms. The molecule has 1 aromatic heterocycles. The lowest BCUT2D eigenvalue weighted by Crippen LogP contribution is -2.14. The van der Waals surface area contributed by atoms with Crippen LogP contribution < -0.4 is 5.32 Å². The van der Waals surface area contributed by atoms with Crippen LogP contribution in [-0.2, 0) is 6.54 Å². The molecule has 0 saturated carbocycles. The first-order chi connectivity index (χ1) is 7.27. The lowest BCUT2D eigenvalue weighted by Gasteiger charge is -2.04. The molecule has 0 fully saturated rings. The Hall–Kier alpha value is -1.32. The molecule has 0 aliphatic heterocycles. The van der Waals surface area contributed by atoms with E-state index in [9.17, 15) is 0 Å². The van der Waals surface area contributed by atoms with Crippen molar-refractivity contribution in [3.8, 4) is 0 Å². The van der Waals surface area contributed by atoms with E-state index in [1.54, 1.807) is 0 Å². The van der Waals surface area contributed by atoms with Gasteiger partial charge >= 0.3 is 0 Å². The number of halogens is 1. The number of hydrogen-bond donors (Lipinski definition) is 2. The van der Waals surface area contributed by atoms with E-state index in [0.717, 1.165) is 17.4 Å². The maximum absolute atomic E-state index is 5.66. The Morgan fingerprint density at radius 2 is 2.40 bits per heavy atom. The van der Waals surface area contributed by atoms with Gasteiger partial charge in [0.2, 0.25) is 0 Å². The van der Waals surface area contributed by atoms with Crippen LogP contribution in [0, 0.1) is 0 Å². The van der Waals surface area contributed by atoms with Gasteiger partial charge in [0.05, 0.1) is 11.7 Å². The molecule has 0 bridgehead atoms.